The standard InChI is InChI=1S/C16H28N4/c1-3-19-12-14(11-18-19)13(2)20-10-5-4-8-16(20)15-7-6-9-17-15/h11-13,15-17H,3-10H2,1-2H3. The number of hydrogen-bond acceptors (Lipinski definition) is 3. The van der Waals surface area contributed by atoms with E-state index in [1.165, 1.54) is 50.8 Å². The lowest BCUT2D eigenvalue weighted by Crippen LogP contribution is -2.50. The van der Waals surface area contributed by atoms with Crippen LogP contribution in [0.15, 0.2) is 12.4 Å². The van der Waals surface area contributed by atoms with Crippen molar-refractivity contribution in [3.8, 4) is 0 Å². The van der Waals surface area contributed by atoms with Crippen LogP contribution in [0.3, 0.4) is 0 Å². The topological polar surface area (TPSA) is 33.1 Å². The molecule has 0 bridgehead atoms. The third-order valence-electron chi connectivity index (χ3n) is 5.11. The number of aromatic nitrogens is 2. The van der Waals surface area contributed by atoms with E-state index in [9.17, 15) is 0 Å². The van der Waals surface area contributed by atoms with E-state index in [2.05, 4.69) is 41.6 Å². The second-order valence-corrected chi connectivity index (χ2v) is 6.31. The summed E-state index contributed by atoms with van der Waals surface area (Å²) in [6.07, 6.45) is 11.1. The Morgan fingerprint density at radius 2 is 2.25 bits per heavy atom. The molecule has 4 nitrogen and oxygen atoms in total. The molecule has 3 heterocycles. The Bertz CT molecular complexity index is 422. The van der Waals surface area contributed by atoms with Gasteiger partial charge < -0.3 is 5.32 Å². The molecule has 0 spiro atoms. The third kappa shape index (κ3) is 2.77. The molecule has 2 saturated heterocycles. The van der Waals surface area contributed by atoms with Gasteiger partial charge in [-0.3, -0.25) is 9.58 Å². The first-order chi connectivity index (χ1) is 9.79. The van der Waals surface area contributed by atoms with Crippen molar-refractivity contribution in [1.82, 2.24) is 20.0 Å². The van der Waals surface area contributed by atoms with E-state index in [4.69, 9.17) is 0 Å². The average Bonchev–Trinajstić information content (AvgIpc) is 3.17. The van der Waals surface area contributed by atoms with Gasteiger partial charge >= 0.3 is 0 Å². The number of likely N-dealkylation sites (tertiary alicyclic amines) is 1. The number of nitrogens with one attached hydrogen (secondary N) is 1. The molecule has 0 aliphatic carbocycles. The molecule has 2 aliphatic rings. The smallest absolute Gasteiger partial charge is 0.0537 e. The van der Waals surface area contributed by atoms with E-state index < -0.39 is 0 Å². The molecular formula is C16H28N4. The van der Waals surface area contributed by atoms with Crippen molar-refractivity contribution >= 4 is 0 Å². The molecule has 2 aliphatic heterocycles. The van der Waals surface area contributed by atoms with Crippen molar-refractivity contribution in [2.45, 2.75) is 70.6 Å². The van der Waals surface area contributed by atoms with Crippen LogP contribution in [0.1, 0.15) is 57.6 Å². The minimum atomic E-state index is 0.489. The minimum Gasteiger partial charge on any atom is -0.312 e. The van der Waals surface area contributed by atoms with Gasteiger partial charge in [-0.25, -0.2) is 0 Å². The van der Waals surface area contributed by atoms with Crippen LogP contribution in [0.25, 0.3) is 0 Å². The van der Waals surface area contributed by atoms with Gasteiger partial charge in [0.1, 0.15) is 0 Å². The van der Waals surface area contributed by atoms with Crippen LogP contribution < -0.4 is 5.32 Å². The monoisotopic (exact) mass is 276 g/mol. The Morgan fingerprint density at radius 1 is 1.35 bits per heavy atom. The first kappa shape index (κ1) is 14.1. The van der Waals surface area contributed by atoms with Crippen molar-refractivity contribution in [3.63, 3.8) is 0 Å². The zero-order chi connectivity index (χ0) is 13.9. The Labute approximate surface area is 122 Å². The van der Waals surface area contributed by atoms with Crippen LogP contribution in [0.2, 0.25) is 0 Å². The van der Waals surface area contributed by atoms with Crippen molar-refractivity contribution < 1.29 is 0 Å². The van der Waals surface area contributed by atoms with Gasteiger partial charge in [0.2, 0.25) is 0 Å². The van der Waals surface area contributed by atoms with E-state index in [0.717, 1.165) is 6.54 Å². The quantitative estimate of drug-likeness (QED) is 0.917. The largest absolute Gasteiger partial charge is 0.312 e. The molecule has 112 valence electrons. The predicted molar refractivity (Wildman–Crippen MR) is 81.7 cm³/mol. The fraction of sp³-hybridized carbons (Fsp3) is 0.812. The predicted octanol–water partition coefficient (Wildman–Crippen LogP) is 2.57. The molecule has 1 aromatic heterocycles. The zero-order valence-electron chi connectivity index (χ0n) is 12.9. The maximum absolute atomic E-state index is 4.45. The van der Waals surface area contributed by atoms with Crippen LogP contribution >= 0.6 is 0 Å². The van der Waals surface area contributed by atoms with Gasteiger partial charge in [-0.05, 0) is 52.6 Å². The fourth-order valence-electron chi connectivity index (χ4n) is 3.89. The molecule has 3 atom stereocenters. The van der Waals surface area contributed by atoms with Gasteiger partial charge in [0.25, 0.3) is 0 Å². The van der Waals surface area contributed by atoms with Crippen molar-refractivity contribution in [2.24, 2.45) is 0 Å². The van der Waals surface area contributed by atoms with Crippen LogP contribution in [-0.4, -0.2) is 39.9 Å². The van der Waals surface area contributed by atoms with Crippen molar-refractivity contribution in [1.29, 1.82) is 0 Å². The van der Waals surface area contributed by atoms with Gasteiger partial charge in [0.05, 0.1) is 6.20 Å². The molecule has 0 amide bonds. The van der Waals surface area contributed by atoms with E-state index >= 15 is 0 Å². The van der Waals surface area contributed by atoms with Crippen LogP contribution in [0, 0.1) is 0 Å². The highest BCUT2D eigenvalue weighted by Gasteiger charge is 2.34. The third-order valence-corrected chi connectivity index (χ3v) is 5.11. The fourth-order valence-corrected chi connectivity index (χ4v) is 3.89. The maximum atomic E-state index is 4.45. The molecule has 3 rings (SSSR count). The molecule has 2 fully saturated rings. The summed E-state index contributed by atoms with van der Waals surface area (Å²) >= 11 is 0. The Kier molecular flexibility index (Phi) is 4.41. The molecular weight excluding hydrogens is 248 g/mol. The summed E-state index contributed by atoms with van der Waals surface area (Å²) in [5.41, 5.74) is 1.37. The molecule has 0 saturated carbocycles. The van der Waals surface area contributed by atoms with Gasteiger partial charge in [0.15, 0.2) is 0 Å². The molecule has 3 unspecified atom stereocenters. The van der Waals surface area contributed by atoms with Crippen LogP contribution in [-0.2, 0) is 6.54 Å². The molecule has 1 N–H and O–H groups in total. The van der Waals surface area contributed by atoms with E-state index in [-0.39, 0.29) is 0 Å². The number of rotatable bonds is 4. The summed E-state index contributed by atoms with van der Waals surface area (Å²) in [6, 6.07) is 1.91. The van der Waals surface area contributed by atoms with Gasteiger partial charge in [0, 0.05) is 36.4 Å². The molecule has 20 heavy (non-hydrogen) atoms. The highest BCUT2D eigenvalue weighted by molar-refractivity contribution is 5.11. The lowest BCUT2D eigenvalue weighted by atomic mass is 9.92. The average molecular weight is 276 g/mol. The molecule has 1 aromatic rings. The summed E-state index contributed by atoms with van der Waals surface area (Å²) < 4.78 is 2.04. The number of piperidine rings is 1. The lowest BCUT2D eigenvalue weighted by molar-refractivity contribution is 0.0802. The molecule has 0 radical (unpaired) electrons. The second kappa shape index (κ2) is 6.27. The van der Waals surface area contributed by atoms with E-state index in [0.29, 0.717) is 18.1 Å². The summed E-state index contributed by atoms with van der Waals surface area (Å²) in [6.45, 7) is 7.90. The highest BCUT2D eigenvalue weighted by atomic mass is 15.3. The first-order valence-electron chi connectivity index (χ1n) is 8.31. The summed E-state index contributed by atoms with van der Waals surface area (Å²) in [5.74, 6) is 0. The van der Waals surface area contributed by atoms with Gasteiger partial charge in [-0.2, -0.15) is 5.10 Å². The molecule has 4 heteroatoms. The normalized spacial score (nSPS) is 29.7. The van der Waals surface area contributed by atoms with Gasteiger partial charge in [-0.15, -0.1) is 0 Å². The summed E-state index contributed by atoms with van der Waals surface area (Å²) in [5, 5.41) is 8.16. The number of aryl methyl sites for hydroxylation is 1. The first-order valence-corrected chi connectivity index (χ1v) is 8.31. The van der Waals surface area contributed by atoms with Crippen LogP contribution in [0.5, 0.6) is 0 Å². The number of hydrogen-bond donors (Lipinski definition) is 1. The molecule has 0 aromatic carbocycles. The highest BCUT2D eigenvalue weighted by Crippen LogP contribution is 2.31. The SMILES string of the molecule is CCn1cc(C(C)N2CCCCC2C2CCCN2)cn1. The van der Waals surface area contributed by atoms with Crippen molar-refractivity contribution in [3.05, 3.63) is 18.0 Å². The van der Waals surface area contributed by atoms with Crippen LogP contribution in [0.4, 0.5) is 0 Å². The number of nitrogens with zero attached hydrogens (tertiary/aromatic N) is 3. The Balaban J connectivity index is 1.74. The van der Waals surface area contributed by atoms with E-state index in [1.54, 1.807) is 0 Å². The Morgan fingerprint density at radius 3 is 2.95 bits per heavy atom. The van der Waals surface area contributed by atoms with Gasteiger partial charge in [-0.1, -0.05) is 6.42 Å². The summed E-state index contributed by atoms with van der Waals surface area (Å²) in [7, 11) is 0. The zero-order valence-corrected chi connectivity index (χ0v) is 12.9. The second-order valence-electron chi connectivity index (χ2n) is 6.31. The Hall–Kier alpha value is -0.870. The maximum Gasteiger partial charge on any atom is 0.0537 e. The summed E-state index contributed by atoms with van der Waals surface area (Å²) in [4.78, 5) is 2.73. The minimum absolute atomic E-state index is 0.489. The lowest BCUT2D eigenvalue weighted by Gasteiger charge is -2.42. The van der Waals surface area contributed by atoms with E-state index in [1.807, 2.05) is 4.68 Å². The van der Waals surface area contributed by atoms with Crippen molar-refractivity contribution in [2.75, 3.05) is 13.1 Å².